The summed E-state index contributed by atoms with van der Waals surface area (Å²) >= 11 is 0. The van der Waals surface area contributed by atoms with E-state index in [1.54, 1.807) is 0 Å². The fraction of sp³-hybridized carbons (Fsp3) is 0.650. The molecule has 1 unspecified atom stereocenters. The van der Waals surface area contributed by atoms with Gasteiger partial charge in [0.2, 0.25) is 0 Å². The van der Waals surface area contributed by atoms with Crippen LogP contribution in [0.15, 0.2) is 30.3 Å². The van der Waals surface area contributed by atoms with Gasteiger partial charge >= 0.3 is 6.09 Å². The molecular weight excluding hydrogens is 300 g/mol. The third-order valence-corrected chi connectivity index (χ3v) is 4.72. The van der Waals surface area contributed by atoms with Crippen molar-refractivity contribution in [3.63, 3.8) is 0 Å². The summed E-state index contributed by atoms with van der Waals surface area (Å²) in [5, 5.41) is 0. The molecule has 2 fully saturated rings. The highest BCUT2D eigenvalue weighted by Crippen LogP contribution is 2.32. The molecule has 4 heteroatoms. The van der Waals surface area contributed by atoms with Gasteiger partial charge < -0.3 is 9.64 Å². The van der Waals surface area contributed by atoms with Crippen LogP contribution in [0.25, 0.3) is 0 Å². The highest BCUT2D eigenvalue weighted by molar-refractivity contribution is 5.68. The van der Waals surface area contributed by atoms with E-state index in [4.69, 9.17) is 4.74 Å². The zero-order chi connectivity index (χ0) is 17.2. The molecule has 1 amide bonds. The molecule has 1 aromatic rings. The first-order valence-electron chi connectivity index (χ1n) is 9.16. The maximum absolute atomic E-state index is 12.7. The maximum atomic E-state index is 12.7. The Morgan fingerprint density at radius 3 is 2.54 bits per heavy atom. The largest absolute Gasteiger partial charge is 0.444 e. The molecule has 0 N–H and O–H groups in total. The minimum absolute atomic E-state index is 0.138. The smallest absolute Gasteiger partial charge is 0.410 e. The lowest BCUT2D eigenvalue weighted by molar-refractivity contribution is 0.0156. The molecule has 24 heavy (non-hydrogen) atoms. The number of nitrogens with zero attached hydrogens (tertiary/aromatic N) is 2. The predicted molar refractivity (Wildman–Crippen MR) is 95.8 cm³/mol. The first-order valence-corrected chi connectivity index (χ1v) is 9.16. The highest BCUT2D eigenvalue weighted by atomic mass is 16.6. The molecule has 1 saturated carbocycles. The minimum Gasteiger partial charge on any atom is -0.444 e. The van der Waals surface area contributed by atoms with Crippen LogP contribution in [0, 0.1) is 5.92 Å². The van der Waals surface area contributed by atoms with Crippen LogP contribution in [-0.4, -0.2) is 47.2 Å². The lowest BCUT2D eigenvalue weighted by atomic mass is 10.2. The summed E-state index contributed by atoms with van der Waals surface area (Å²) in [6.45, 7) is 9.63. The van der Waals surface area contributed by atoms with Crippen LogP contribution < -0.4 is 0 Å². The number of hydrogen-bond acceptors (Lipinski definition) is 3. The lowest BCUT2D eigenvalue weighted by Crippen LogP contribution is -2.45. The van der Waals surface area contributed by atoms with Crippen LogP contribution >= 0.6 is 0 Å². The molecule has 1 saturated heterocycles. The van der Waals surface area contributed by atoms with E-state index in [1.165, 1.54) is 18.4 Å². The van der Waals surface area contributed by atoms with Crippen LogP contribution in [-0.2, 0) is 11.3 Å². The van der Waals surface area contributed by atoms with Gasteiger partial charge in [0.1, 0.15) is 5.60 Å². The van der Waals surface area contributed by atoms with Gasteiger partial charge in [0.05, 0.1) is 0 Å². The zero-order valence-corrected chi connectivity index (χ0v) is 15.2. The van der Waals surface area contributed by atoms with E-state index in [1.807, 2.05) is 25.7 Å². The second-order valence-corrected chi connectivity index (χ2v) is 8.24. The van der Waals surface area contributed by atoms with Crippen LogP contribution in [0.1, 0.15) is 45.6 Å². The van der Waals surface area contributed by atoms with Gasteiger partial charge in [-0.05, 0) is 51.5 Å². The van der Waals surface area contributed by atoms with Crippen LogP contribution in [0.4, 0.5) is 4.79 Å². The molecule has 3 rings (SSSR count). The SMILES string of the molecule is CC(C)(C)OC(=O)N(CC1CC1)C1CCN(Cc2ccccc2)C1. The summed E-state index contributed by atoms with van der Waals surface area (Å²) in [6, 6.07) is 10.8. The maximum Gasteiger partial charge on any atom is 0.410 e. The summed E-state index contributed by atoms with van der Waals surface area (Å²) < 4.78 is 5.66. The Labute approximate surface area is 145 Å². The first kappa shape index (κ1) is 17.3. The van der Waals surface area contributed by atoms with E-state index in [9.17, 15) is 4.79 Å². The van der Waals surface area contributed by atoms with Gasteiger partial charge in [-0.3, -0.25) is 4.90 Å². The molecule has 1 heterocycles. The first-order chi connectivity index (χ1) is 11.4. The molecule has 1 aliphatic carbocycles. The van der Waals surface area contributed by atoms with Gasteiger partial charge in [-0.15, -0.1) is 0 Å². The molecule has 0 radical (unpaired) electrons. The third kappa shape index (κ3) is 4.97. The average molecular weight is 330 g/mol. The van der Waals surface area contributed by atoms with Gasteiger partial charge in [0, 0.05) is 32.2 Å². The quantitative estimate of drug-likeness (QED) is 0.820. The number of benzene rings is 1. The normalized spacial score (nSPS) is 21.7. The van der Waals surface area contributed by atoms with E-state index in [0.717, 1.165) is 32.6 Å². The molecule has 1 aromatic carbocycles. The Hall–Kier alpha value is -1.55. The molecule has 0 aromatic heterocycles. The van der Waals surface area contributed by atoms with Crippen molar-refractivity contribution in [1.29, 1.82) is 0 Å². The number of carbonyl (C=O) groups is 1. The van der Waals surface area contributed by atoms with Crippen molar-refractivity contribution in [2.75, 3.05) is 19.6 Å². The Morgan fingerprint density at radius 1 is 1.21 bits per heavy atom. The Balaban J connectivity index is 1.60. The fourth-order valence-electron chi connectivity index (χ4n) is 3.32. The molecule has 1 atom stereocenters. The lowest BCUT2D eigenvalue weighted by Gasteiger charge is -2.32. The average Bonchev–Trinajstić information content (AvgIpc) is 3.22. The number of ether oxygens (including phenoxy) is 1. The summed E-state index contributed by atoms with van der Waals surface area (Å²) in [4.78, 5) is 17.1. The van der Waals surface area contributed by atoms with Crippen molar-refractivity contribution in [3.8, 4) is 0 Å². The number of hydrogen-bond donors (Lipinski definition) is 0. The van der Waals surface area contributed by atoms with Crippen LogP contribution in [0.5, 0.6) is 0 Å². The van der Waals surface area contributed by atoms with E-state index >= 15 is 0 Å². The molecule has 0 spiro atoms. The van der Waals surface area contributed by atoms with Gasteiger partial charge in [-0.1, -0.05) is 30.3 Å². The summed E-state index contributed by atoms with van der Waals surface area (Å²) in [5.41, 5.74) is 0.908. The minimum atomic E-state index is -0.429. The fourth-order valence-corrected chi connectivity index (χ4v) is 3.32. The third-order valence-electron chi connectivity index (χ3n) is 4.72. The molecule has 1 aliphatic heterocycles. The van der Waals surface area contributed by atoms with E-state index < -0.39 is 5.60 Å². The van der Waals surface area contributed by atoms with Gasteiger partial charge in [0.15, 0.2) is 0 Å². The van der Waals surface area contributed by atoms with E-state index in [-0.39, 0.29) is 12.1 Å². The van der Waals surface area contributed by atoms with Gasteiger partial charge in [0.25, 0.3) is 0 Å². The summed E-state index contributed by atoms with van der Waals surface area (Å²) in [6.07, 6.45) is 3.40. The predicted octanol–water partition coefficient (Wildman–Crippen LogP) is 3.91. The zero-order valence-electron chi connectivity index (χ0n) is 15.2. The molecule has 132 valence electrons. The van der Waals surface area contributed by atoms with Crippen molar-refractivity contribution < 1.29 is 9.53 Å². The second kappa shape index (κ2) is 7.14. The second-order valence-electron chi connectivity index (χ2n) is 8.24. The van der Waals surface area contributed by atoms with Crippen LogP contribution in [0.2, 0.25) is 0 Å². The number of likely N-dealkylation sites (tertiary alicyclic amines) is 1. The molecular formula is C20H30N2O2. The van der Waals surface area contributed by atoms with Gasteiger partial charge in [-0.25, -0.2) is 4.79 Å². The van der Waals surface area contributed by atoms with Crippen molar-refractivity contribution >= 4 is 6.09 Å². The molecule has 2 aliphatic rings. The topological polar surface area (TPSA) is 32.8 Å². The summed E-state index contributed by atoms with van der Waals surface area (Å²) in [5.74, 6) is 0.681. The Kier molecular flexibility index (Phi) is 5.14. The monoisotopic (exact) mass is 330 g/mol. The molecule has 0 bridgehead atoms. The summed E-state index contributed by atoms with van der Waals surface area (Å²) in [7, 11) is 0. The van der Waals surface area contributed by atoms with E-state index in [2.05, 4.69) is 35.2 Å². The standard InChI is InChI=1S/C20H30N2O2/c1-20(2,3)24-19(23)22(14-17-9-10-17)18-11-12-21(15-18)13-16-7-5-4-6-8-16/h4-8,17-18H,9-15H2,1-3H3. The van der Waals surface area contributed by atoms with Crippen molar-refractivity contribution in [2.45, 2.75) is 58.2 Å². The van der Waals surface area contributed by atoms with Crippen LogP contribution in [0.3, 0.4) is 0 Å². The highest BCUT2D eigenvalue weighted by Gasteiger charge is 2.36. The van der Waals surface area contributed by atoms with Crippen molar-refractivity contribution in [3.05, 3.63) is 35.9 Å². The number of amides is 1. The Bertz CT molecular complexity index is 549. The van der Waals surface area contributed by atoms with E-state index in [0.29, 0.717) is 5.92 Å². The number of carbonyl (C=O) groups excluding carboxylic acids is 1. The van der Waals surface area contributed by atoms with Crippen molar-refractivity contribution in [1.82, 2.24) is 9.80 Å². The Morgan fingerprint density at radius 2 is 1.92 bits per heavy atom. The van der Waals surface area contributed by atoms with Crippen molar-refractivity contribution in [2.24, 2.45) is 5.92 Å². The van der Waals surface area contributed by atoms with Gasteiger partial charge in [-0.2, -0.15) is 0 Å². The number of rotatable bonds is 5. The molecule has 4 nitrogen and oxygen atoms in total.